The van der Waals surface area contributed by atoms with Crippen molar-refractivity contribution in [1.29, 1.82) is 0 Å². The molecule has 0 aliphatic rings. The number of thiophene rings is 1. The van der Waals surface area contributed by atoms with Crippen molar-refractivity contribution in [2.45, 2.75) is 20.3 Å². The Kier molecular flexibility index (Phi) is 7.91. The standard InChI is InChI=1S/C14H23N3O2S/c1-3-17(4-2)9-8-15-13(18)5-7-16-14(19)12-6-10-20-11-12/h6,10-11H,3-5,7-9H2,1-2H3,(H,15,18)(H,16,19). The Bertz CT molecular complexity index is 403. The molecule has 0 unspecified atom stereocenters. The first-order valence-corrected chi connectivity index (χ1v) is 7.91. The van der Waals surface area contributed by atoms with Crippen LogP contribution in [0.2, 0.25) is 0 Å². The molecule has 112 valence electrons. The molecule has 2 N–H and O–H groups in total. The molecule has 0 atom stereocenters. The molecule has 0 spiro atoms. The maximum absolute atomic E-state index is 11.6. The van der Waals surface area contributed by atoms with E-state index in [1.165, 1.54) is 11.3 Å². The summed E-state index contributed by atoms with van der Waals surface area (Å²) in [5.74, 6) is -0.148. The van der Waals surface area contributed by atoms with Crippen molar-refractivity contribution in [1.82, 2.24) is 15.5 Å². The second-order valence-corrected chi connectivity index (χ2v) is 5.17. The van der Waals surface area contributed by atoms with E-state index < -0.39 is 0 Å². The topological polar surface area (TPSA) is 61.4 Å². The van der Waals surface area contributed by atoms with Crippen molar-refractivity contribution in [3.63, 3.8) is 0 Å². The van der Waals surface area contributed by atoms with E-state index in [0.717, 1.165) is 19.6 Å². The second kappa shape index (κ2) is 9.50. The highest BCUT2D eigenvalue weighted by molar-refractivity contribution is 7.08. The van der Waals surface area contributed by atoms with E-state index in [1.54, 1.807) is 11.4 Å². The van der Waals surface area contributed by atoms with E-state index in [9.17, 15) is 9.59 Å². The monoisotopic (exact) mass is 297 g/mol. The quantitative estimate of drug-likeness (QED) is 0.723. The van der Waals surface area contributed by atoms with Gasteiger partial charge in [0, 0.05) is 37.0 Å². The molecule has 6 heteroatoms. The Balaban J connectivity index is 2.10. The molecule has 1 aromatic heterocycles. The normalized spacial score (nSPS) is 10.6. The third kappa shape index (κ3) is 6.16. The summed E-state index contributed by atoms with van der Waals surface area (Å²) in [4.78, 5) is 25.5. The molecule has 0 fully saturated rings. The summed E-state index contributed by atoms with van der Waals surface area (Å²) in [6.07, 6.45) is 0.314. The third-order valence-electron chi connectivity index (χ3n) is 3.07. The van der Waals surface area contributed by atoms with E-state index in [4.69, 9.17) is 0 Å². The summed E-state index contributed by atoms with van der Waals surface area (Å²) in [7, 11) is 0. The zero-order valence-electron chi connectivity index (χ0n) is 12.1. The van der Waals surface area contributed by atoms with Gasteiger partial charge in [0.25, 0.3) is 5.91 Å². The molecular formula is C14H23N3O2S. The number of nitrogens with one attached hydrogen (secondary N) is 2. The van der Waals surface area contributed by atoms with Gasteiger partial charge in [-0.3, -0.25) is 9.59 Å². The van der Waals surface area contributed by atoms with Crippen LogP contribution in [0.5, 0.6) is 0 Å². The summed E-state index contributed by atoms with van der Waals surface area (Å²) < 4.78 is 0. The van der Waals surface area contributed by atoms with Crippen molar-refractivity contribution in [2.75, 3.05) is 32.7 Å². The number of nitrogens with zero attached hydrogens (tertiary/aromatic N) is 1. The Hall–Kier alpha value is -1.40. The number of carbonyl (C=O) groups is 2. The highest BCUT2D eigenvalue weighted by Gasteiger charge is 2.07. The lowest BCUT2D eigenvalue weighted by atomic mass is 10.3. The van der Waals surface area contributed by atoms with Crippen molar-refractivity contribution >= 4 is 23.2 Å². The van der Waals surface area contributed by atoms with Gasteiger partial charge in [0.05, 0.1) is 0 Å². The van der Waals surface area contributed by atoms with Crippen molar-refractivity contribution in [3.05, 3.63) is 22.4 Å². The maximum Gasteiger partial charge on any atom is 0.252 e. The molecule has 0 saturated carbocycles. The lowest BCUT2D eigenvalue weighted by molar-refractivity contribution is -0.121. The summed E-state index contributed by atoms with van der Waals surface area (Å²) in [6, 6.07) is 1.77. The van der Waals surface area contributed by atoms with Gasteiger partial charge >= 0.3 is 0 Å². The minimum atomic E-state index is -0.123. The van der Waals surface area contributed by atoms with Crippen LogP contribution in [0.4, 0.5) is 0 Å². The van der Waals surface area contributed by atoms with Crippen LogP contribution in [0.1, 0.15) is 30.6 Å². The molecule has 2 amide bonds. The van der Waals surface area contributed by atoms with Gasteiger partial charge in [-0.1, -0.05) is 13.8 Å². The lowest BCUT2D eigenvalue weighted by Gasteiger charge is -2.17. The predicted molar refractivity (Wildman–Crippen MR) is 82.1 cm³/mol. The van der Waals surface area contributed by atoms with Gasteiger partial charge in [-0.25, -0.2) is 0 Å². The summed E-state index contributed by atoms with van der Waals surface area (Å²) in [6.45, 7) is 8.06. The van der Waals surface area contributed by atoms with Crippen molar-refractivity contribution < 1.29 is 9.59 Å². The van der Waals surface area contributed by atoms with E-state index in [2.05, 4.69) is 29.4 Å². The minimum absolute atomic E-state index is 0.0252. The van der Waals surface area contributed by atoms with Gasteiger partial charge in [0.15, 0.2) is 0 Å². The molecule has 1 aromatic rings. The summed E-state index contributed by atoms with van der Waals surface area (Å²) in [5.41, 5.74) is 0.650. The van der Waals surface area contributed by atoms with Crippen LogP contribution in [-0.4, -0.2) is 49.4 Å². The van der Waals surface area contributed by atoms with E-state index >= 15 is 0 Å². The number of likely N-dealkylation sites (N-methyl/N-ethyl adjacent to an activating group) is 1. The average Bonchev–Trinajstić information content (AvgIpc) is 2.97. The second-order valence-electron chi connectivity index (χ2n) is 4.39. The maximum atomic E-state index is 11.6. The largest absolute Gasteiger partial charge is 0.355 e. The van der Waals surface area contributed by atoms with Crippen molar-refractivity contribution in [3.8, 4) is 0 Å². The Labute approximate surface area is 124 Å². The molecule has 0 radical (unpaired) electrons. The smallest absolute Gasteiger partial charge is 0.252 e. The molecule has 1 heterocycles. The van der Waals surface area contributed by atoms with Gasteiger partial charge in [-0.05, 0) is 24.5 Å². The van der Waals surface area contributed by atoms with E-state index in [1.807, 2.05) is 5.38 Å². The van der Waals surface area contributed by atoms with Crippen LogP contribution >= 0.6 is 11.3 Å². The minimum Gasteiger partial charge on any atom is -0.355 e. The van der Waals surface area contributed by atoms with Gasteiger partial charge in [-0.2, -0.15) is 11.3 Å². The van der Waals surface area contributed by atoms with Crippen LogP contribution in [0, 0.1) is 0 Å². The molecule has 20 heavy (non-hydrogen) atoms. The van der Waals surface area contributed by atoms with Gasteiger partial charge < -0.3 is 15.5 Å². The Morgan fingerprint density at radius 1 is 1.20 bits per heavy atom. The third-order valence-corrected chi connectivity index (χ3v) is 3.75. The lowest BCUT2D eigenvalue weighted by Crippen LogP contribution is -2.36. The summed E-state index contributed by atoms with van der Waals surface area (Å²) >= 11 is 1.48. The van der Waals surface area contributed by atoms with Gasteiger partial charge in [0.2, 0.25) is 5.91 Å². The van der Waals surface area contributed by atoms with Crippen LogP contribution in [0.25, 0.3) is 0 Å². The Morgan fingerprint density at radius 2 is 1.95 bits per heavy atom. The van der Waals surface area contributed by atoms with E-state index in [0.29, 0.717) is 25.1 Å². The molecule has 0 saturated heterocycles. The number of hydrogen-bond acceptors (Lipinski definition) is 4. The number of carbonyl (C=O) groups excluding carboxylic acids is 2. The highest BCUT2D eigenvalue weighted by atomic mass is 32.1. The molecule has 1 rings (SSSR count). The number of hydrogen-bond donors (Lipinski definition) is 2. The zero-order valence-corrected chi connectivity index (χ0v) is 13.0. The van der Waals surface area contributed by atoms with E-state index in [-0.39, 0.29) is 11.8 Å². The molecule has 0 aliphatic carbocycles. The fourth-order valence-corrected chi connectivity index (χ4v) is 2.40. The molecule has 0 aliphatic heterocycles. The van der Waals surface area contributed by atoms with Crippen molar-refractivity contribution in [2.24, 2.45) is 0 Å². The predicted octanol–water partition coefficient (Wildman–Crippen LogP) is 1.33. The zero-order chi connectivity index (χ0) is 14.8. The highest BCUT2D eigenvalue weighted by Crippen LogP contribution is 2.04. The van der Waals surface area contributed by atoms with Crippen LogP contribution in [0.15, 0.2) is 16.8 Å². The van der Waals surface area contributed by atoms with Gasteiger partial charge in [0.1, 0.15) is 0 Å². The fourth-order valence-electron chi connectivity index (χ4n) is 1.77. The first-order valence-electron chi connectivity index (χ1n) is 6.96. The molecular weight excluding hydrogens is 274 g/mol. The number of rotatable bonds is 9. The molecule has 0 bridgehead atoms. The number of amides is 2. The summed E-state index contributed by atoms with van der Waals surface area (Å²) in [5, 5.41) is 9.24. The SMILES string of the molecule is CCN(CC)CCNC(=O)CCNC(=O)c1ccsc1. The first-order chi connectivity index (χ1) is 9.67. The fraction of sp³-hybridized carbons (Fsp3) is 0.571. The molecule has 5 nitrogen and oxygen atoms in total. The first kappa shape index (κ1) is 16.7. The average molecular weight is 297 g/mol. The van der Waals surface area contributed by atoms with Crippen LogP contribution in [-0.2, 0) is 4.79 Å². The van der Waals surface area contributed by atoms with Crippen LogP contribution < -0.4 is 10.6 Å². The molecule has 0 aromatic carbocycles. The van der Waals surface area contributed by atoms with Crippen LogP contribution in [0.3, 0.4) is 0 Å². The Morgan fingerprint density at radius 3 is 2.55 bits per heavy atom. The van der Waals surface area contributed by atoms with Gasteiger partial charge in [-0.15, -0.1) is 0 Å².